The standard InChI is InChI=1S/C17H24F2N2O3/c18-17(19)24-15-4-1-3-13(11-15)12-16(23)20-7-2-8-21-9-5-14(22)6-10-21/h1,3-4,11,14,17,22H,2,5-10,12H2,(H,20,23). The van der Waals surface area contributed by atoms with Crippen LogP contribution in [-0.2, 0) is 11.2 Å². The fraction of sp³-hybridized carbons (Fsp3) is 0.588. The molecule has 24 heavy (non-hydrogen) atoms. The molecule has 1 aromatic rings. The monoisotopic (exact) mass is 342 g/mol. The number of benzene rings is 1. The molecule has 5 nitrogen and oxygen atoms in total. The summed E-state index contributed by atoms with van der Waals surface area (Å²) in [6.07, 6.45) is 2.42. The molecule has 1 aliphatic rings. The summed E-state index contributed by atoms with van der Waals surface area (Å²) in [7, 11) is 0. The van der Waals surface area contributed by atoms with Crippen LogP contribution in [0.2, 0.25) is 0 Å². The fourth-order valence-corrected chi connectivity index (χ4v) is 2.75. The number of hydrogen-bond donors (Lipinski definition) is 2. The average Bonchev–Trinajstić information content (AvgIpc) is 2.53. The second-order valence-electron chi connectivity index (χ2n) is 5.98. The molecule has 7 heteroatoms. The Morgan fingerprint density at radius 1 is 1.38 bits per heavy atom. The lowest BCUT2D eigenvalue weighted by Crippen LogP contribution is -2.37. The van der Waals surface area contributed by atoms with Crippen LogP contribution < -0.4 is 10.1 Å². The fourth-order valence-electron chi connectivity index (χ4n) is 2.75. The number of amides is 1. The molecule has 1 heterocycles. The van der Waals surface area contributed by atoms with Crippen molar-refractivity contribution < 1.29 is 23.4 Å². The number of aliphatic hydroxyl groups excluding tert-OH is 1. The predicted octanol–water partition coefficient (Wildman–Crippen LogP) is 1.79. The van der Waals surface area contributed by atoms with Crippen molar-refractivity contribution in [1.29, 1.82) is 0 Å². The zero-order chi connectivity index (χ0) is 17.4. The van der Waals surface area contributed by atoms with Gasteiger partial charge in [0.2, 0.25) is 5.91 Å². The summed E-state index contributed by atoms with van der Waals surface area (Å²) in [5.41, 5.74) is 0.635. The third-order valence-corrected chi connectivity index (χ3v) is 4.02. The van der Waals surface area contributed by atoms with Crippen LogP contribution in [0.5, 0.6) is 5.75 Å². The smallest absolute Gasteiger partial charge is 0.387 e. The SMILES string of the molecule is O=C(Cc1cccc(OC(F)F)c1)NCCCN1CCC(O)CC1. The summed E-state index contributed by atoms with van der Waals surface area (Å²) in [6, 6.07) is 6.18. The molecule has 2 rings (SSSR count). The van der Waals surface area contributed by atoms with Crippen LogP contribution in [0.3, 0.4) is 0 Å². The van der Waals surface area contributed by atoms with E-state index in [9.17, 15) is 18.7 Å². The molecule has 1 saturated heterocycles. The normalized spacial score (nSPS) is 16.3. The van der Waals surface area contributed by atoms with Crippen molar-refractivity contribution in [2.75, 3.05) is 26.2 Å². The Kier molecular flexibility index (Phi) is 7.39. The molecule has 1 fully saturated rings. The molecule has 0 bridgehead atoms. The molecule has 134 valence electrons. The number of halogens is 2. The van der Waals surface area contributed by atoms with E-state index in [1.165, 1.54) is 12.1 Å². The maximum Gasteiger partial charge on any atom is 0.387 e. The Balaban J connectivity index is 1.64. The number of aliphatic hydroxyl groups is 1. The molecular weight excluding hydrogens is 318 g/mol. The molecule has 1 aromatic carbocycles. The van der Waals surface area contributed by atoms with Crippen molar-refractivity contribution in [3.8, 4) is 5.75 Å². The van der Waals surface area contributed by atoms with Gasteiger partial charge in [0, 0.05) is 19.6 Å². The summed E-state index contributed by atoms with van der Waals surface area (Å²) in [6.45, 7) is 0.387. The van der Waals surface area contributed by atoms with Crippen LogP contribution in [0, 0.1) is 0 Å². The lowest BCUT2D eigenvalue weighted by atomic mass is 10.1. The zero-order valence-electron chi connectivity index (χ0n) is 13.6. The van der Waals surface area contributed by atoms with E-state index in [1.807, 2.05) is 0 Å². The minimum atomic E-state index is -2.87. The summed E-state index contributed by atoms with van der Waals surface area (Å²) in [5.74, 6) is -0.0825. The van der Waals surface area contributed by atoms with Crippen molar-refractivity contribution in [3.63, 3.8) is 0 Å². The maximum atomic E-state index is 12.2. The maximum absolute atomic E-state index is 12.2. The van der Waals surface area contributed by atoms with Gasteiger partial charge < -0.3 is 20.1 Å². The molecule has 0 atom stereocenters. The third kappa shape index (κ3) is 6.80. The Labute approximate surface area is 140 Å². The number of piperidine rings is 1. The first-order chi connectivity index (χ1) is 11.5. The highest BCUT2D eigenvalue weighted by molar-refractivity contribution is 5.78. The molecule has 1 aliphatic heterocycles. The number of nitrogens with one attached hydrogen (secondary N) is 1. The van der Waals surface area contributed by atoms with Crippen LogP contribution in [0.25, 0.3) is 0 Å². The van der Waals surface area contributed by atoms with E-state index in [1.54, 1.807) is 12.1 Å². The van der Waals surface area contributed by atoms with Gasteiger partial charge in [-0.2, -0.15) is 8.78 Å². The molecule has 0 saturated carbocycles. The number of hydrogen-bond acceptors (Lipinski definition) is 4. The Hall–Kier alpha value is -1.73. The largest absolute Gasteiger partial charge is 0.435 e. The van der Waals surface area contributed by atoms with Gasteiger partial charge >= 0.3 is 6.61 Å². The molecule has 1 amide bonds. The van der Waals surface area contributed by atoms with Crippen LogP contribution in [0.15, 0.2) is 24.3 Å². The lowest BCUT2D eigenvalue weighted by molar-refractivity contribution is -0.120. The van der Waals surface area contributed by atoms with Gasteiger partial charge in [-0.3, -0.25) is 4.79 Å². The van der Waals surface area contributed by atoms with Gasteiger partial charge in [0.05, 0.1) is 12.5 Å². The number of ether oxygens (including phenoxy) is 1. The summed E-state index contributed by atoms with van der Waals surface area (Å²) in [5, 5.41) is 12.3. The van der Waals surface area contributed by atoms with Gasteiger partial charge in [0.1, 0.15) is 5.75 Å². The molecule has 0 aliphatic carbocycles. The second-order valence-corrected chi connectivity index (χ2v) is 5.98. The van der Waals surface area contributed by atoms with Gasteiger partial charge in [0.15, 0.2) is 0 Å². The third-order valence-electron chi connectivity index (χ3n) is 4.02. The molecule has 0 spiro atoms. The first-order valence-corrected chi connectivity index (χ1v) is 8.24. The van der Waals surface area contributed by atoms with Gasteiger partial charge in [0.25, 0.3) is 0 Å². The Morgan fingerprint density at radius 3 is 2.83 bits per heavy atom. The van der Waals surface area contributed by atoms with Crippen molar-refractivity contribution >= 4 is 5.91 Å². The van der Waals surface area contributed by atoms with E-state index in [0.29, 0.717) is 12.1 Å². The summed E-state index contributed by atoms with van der Waals surface area (Å²) >= 11 is 0. The van der Waals surface area contributed by atoms with E-state index in [4.69, 9.17) is 0 Å². The number of nitrogens with zero attached hydrogens (tertiary/aromatic N) is 1. The van der Waals surface area contributed by atoms with Crippen LogP contribution in [0.1, 0.15) is 24.8 Å². The average molecular weight is 342 g/mol. The number of carbonyl (C=O) groups excluding carboxylic acids is 1. The molecule has 2 N–H and O–H groups in total. The van der Waals surface area contributed by atoms with E-state index in [-0.39, 0.29) is 24.2 Å². The number of alkyl halides is 2. The van der Waals surface area contributed by atoms with Crippen molar-refractivity contribution in [2.24, 2.45) is 0 Å². The van der Waals surface area contributed by atoms with E-state index in [0.717, 1.165) is 38.9 Å². The summed E-state index contributed by atoms with van der Waals surface area (Å²) in [4.78, 5) is 14.2. The number of likely N-dealkylation sites (tertiary alicyclic amines) is 1. The van der Waals surface area contributed by atoms with E-state index in [2.05, 4.69) is 15.0 Å². The first-order valence-electron chi connectivity index (χ1n) is 8.24. The van der Waals surface area contributed by atoms with E-state index < -0.39 is 6.61 Å². The van der Waals surface area contributed by atoms with Crippen LogP contribution >= 0.6 is 0 Å². The zero-order valence-corrected chi connectivity index (χ0v) is 13.6. The highest BCUT2D eigenvalue weighted by Gasteiger charge is 2.16. The highest BCUT2D eigenvalue weighted by atomic mass is 19.3. The van der Waals surface area contributed by atoms with Gasteiger partial charge in [-0.1, -0.05) is 12.1 Å². The number of rotatable bonds is 8. The highest BCUT2D eigenvalue weighted by Crippen LogP contribution is 2.16. The molecule has 0 unspecified atom stereocenters. The quantitative estimate of drug-likeness (QED) is 0.707. The Bertz CT molecular complexity index is 520. The molecule has 0 radical (unpaired) electrons. The minimum Gasteiger partial charge on any atom is -0.435 e. The van der Waals surface area contributed by atoms with Gasteiger partial charge in [-0.05, 0) is 43.5 Å². The van der Waals surface area contributed by atoms with Crippen LogP contribution in [-0.4, -0.2) is 54.8 Å². The Morgan fingerprint density at radius 2 is 2.12 bits per heavy atom. The predicted molar refractivity (Wildman–Crippen MR) is 86.1 cm³/mol. The first kappa shape index (κ1) is 18.6. The van der Waals surface area contributed by atoms with Crippen molar-refractivity contribution in [3.05, 3.63) is 29.8 Å². The van der Waals surface area contributed by atoms with Gasteiger partial charge in [-0.25, -0.2) is 0 Å². The number of carbonyl (C=O) groups is 1. The van der Waals surface area contributed by atoms with Gasteiger partial charge in [-0.15, -0.1) is 0 Å². The van der Waals surface area contributed by atoms with Crippen LogP contribution in [0.4, 0.5) is 8.78 Å². The molecule has 0 aromatic heterocycles. The van der Waals surface area contributed by atoms with Crippen molar-refractivity contribution in [1.82, 2.24) is 10.2 Å². The minimum absolute atomic E-state index is 0.0580. The second kappa shape index (κ2) is 9.54. The topological polar surface area (TPSA) is 61.8 Å². The van der Waals surface area contributed by atoms with Crippen molar-refractivity contribution in [2.45, 2.75) is 38.4 Å². The lowest BCUT2D eigenvalue weighted by Gasteiger charge is -2.29. The summed E-state index contributed by atoms with van der Waals surface area (Å²) < 4.78 is 28.7. The van der Waals surface area contributed by atoms with E-state index >= 15 is 0 Å². The molecular formula is C17H24F2N2O3.